The average Bonchev–Trinajstić information content (AvgIpc) is 2.83. The highest BCUT2D eigenvalue weighted by atomic mass is 16.7. The van der Waals surface area contributed by atoms with E-state index in [1.165, 1.54) is 49.7 Å². The first kappa shape index (κ1) is 19.5. The van der Waals surface area contributed by atoms with E-state index in [-0.39, 0.29) is 12.2 Å². The van der Waals surface area contributed by atoms with Gasteiger partial charge in [-0.2, -0.15) is 0 Å². The van der Waals surface area contributed by atoms with Gasteiger partial charge in [0.2, 0.25) is 0 Å². The zero-order valence-electron chi connectivity index (χ0n) is 16.1. The van der Waals surface area contributed by atoms with Crippen molar-refractivity contribution in [2.24, 2.45) is 0 Å². The number of ether oxygens (including phenoxy) is 2. The highest BCUT2D eigenvalue weighted by Crippen LogP contribution is 2.33. The molecule has 1 heterocycles. The number of hydrogen-bond acceptors (Lipinski definition) is 2. The summed E-state index contributed by atoms with van der Waals surface area (Å²) in [6, 6.07) is 9.05. The van der Waals surface area contributed by atoms with Crippen LogP contribution in [0.5, 0.6) is 0 Å². The Labute approximate surface area is 148 Å². The van der Waals surface area contributed by atoms with Crippen molar-refractivity contribution in [3.8, 4) is 0 Å². The summed E-state index contributed by atoms with van der Waals surface area (Å²) in [5.74, 6) is -0.444. The molecule has 2 atom stereocenters. The number of hydrogen-bond donors (Lipinski definition) is 0. The van der Waals surface area contributed by atoms with E-state index in [0.29, 0.717) is 0 Å². The topological polar surface area (TPSA) is 18.5 Å². The summed E-state index contributed by atoms with van der Waals surface area (Å²) >= 11 is 0. The fourth-order valence-electron chi connectivity index (χ4n) is 3.64. The van der Waals surface area contributed by atoms with Crippen LogP contribution in [0, 0.1) is 0 Å². The van der Waals surface area contributed by atoms with Gasteiger partial charge in [-0.3, -0.25) is 0 Å². The van der Waals surface area contributed by atoms with Crippen LogP contribution in [0.2, 0.25) is 0 Å². The van der Waals surface area contributed by atoms with E-state index < -0.39 is 5.79 Å². The average molecular weight is 333 g/mol. The summed E-state index contributed by atoms with van der Waals surface area (Å²) in [7, 11) is 0. The minimum absolute atomic E-state index is 0.184. The van der Waals surface area contributed by atoms with Gasteiger partial charge in [0, 0.05) is 6.42 Å². The molecule has 0 aromatic heterocycles. The molecule has 1 fully saturated rings. The van der Waals surface area contributed by atoms with Crippen LogP contribution in [0.3, 0.4) is 0 Å². The minimum atomic E-state index is -0.444. The largest absolute Gasteiger partial charge is 0.345 e. The molecule has 1 aromatic carbocycles. The molecule has 0 spiro atoms. The van der Waals surface area contributed by atoms with Gasteiger partial charge in [0.25, 0.3) is 0 Å². The lowest BCUT2D eigenvalue weighted by Crippen LogP contribution is -2.25. The van der Waals surface area contributed by atoms with Gasteiger partial charge < -0.3 is 9.47 Å². The van der Waals surface area contributed by atoms with Crippen LogP contribution < -0.4 is 0 Å². The number of rotatable bonds is 10. The molecule has 0 N–H and O–H groups in total. The maximum Gasteiger partial charge on any atom is 0.163 e. The van der Waals surface area contributed by atoms with E-state index in [2.05, 4.69) is 38.1 Å². The second kappa shape index (κ2) is 9.58. The van der Waals surface area contributed by atoms with Gasteiger partial charge in [-0.15, -0.1) is 0 Å². The third-order valence-corrected chi connectivity index (χ3v) is 4.88. The monoisotopic (exact) mass is 332 g/mol. The molecule has 24 heavy (non-hydrogen) atoms. The quantitative estimate of drug-likeness (QED) is 0.485. The molecule has 1 saturated heterocycles. The Morgan fingerprint density at radius 1 is 0.792 bits per heavy atom. The summed E-state index contributed by atoms with van der Waals surface area (Å²) in [6.07, 6.45) is 11.4. The molecule has 2 nitrogen and oxygen atoms in total. The summed E-state index contributed by atoms with van der Waals surface area (Å²) in [4.78, 5) is 0. The molecule has 0 aliphatic carbocycles. The summed E-state index contributed by atoms with van der Waals surface area (Å²) < 4.78 is 12.4. The number of unbranched alkanes of at least 4 members (excludes halogenated alkanes) is 4. The molecule has 1 aromatic rings. The molecule has 0 unspecified atom stereocenters. The summed E-state index contributed by atoms with van der Waals surface area (Å²) in [6.45, 7) is 8.58. The second-order valence-corrected chi connectivity index (χ2v) is 7.69. The normalized spacial score (nSPS) is 22.8. The Morgan fingerprint density at radius 2 is 1.42 bits per heavy atom. The molecule has 1 aliphatic rings. The third-order valence-electron chi connectivity index (χ3n) is 4.88. The van der Waals surface area contributed by atoms with Gasteiger partial charge >= 0.3 is 0 Å². The Bertz CT molecular complexity index is 463. The maximum atomic E-state index is 6.20. The van der Waals surface area contributed by atoms with E-state index in [1.54, 1.807) is 0 Å². The zero-order valence-corrected chi connectivity index (χ0v) is 16.1. The van der Waals surface area contributed by atoms with Gasteiger partial charge in [0.1, 0.15) is 0 Å². The summed E-state index contributed by atoms with van der Waals surface area (Å²) in [5, 5.41) is 0. The molecule has 0 saturated carbocycles. The van der Waals surface area contributed by atoms with E-state index in [1.807, 2.05) is 13.8 Å². The lowest BCUT2D eigenvalue weighted by atomic mass is 9.98. The number of aryl methyl sites for hydroxylation is 1. The molecule has 0 amide bonds. The van der Waals surface area contributed by atoms with Crippen molar-refractivity contribution >= 4 is 0 Å². The van der Waals surface area contributed by atoms with Crippen LogP contribution in [-0.4, -0.2) is 18.0 Å². The minimum Gasteiger partial charge on any atom is -0.345 e. The first-order valence-corrected chi connectivity index (χ1v) is 9.97. The molecule has 0 bridgehead atoms. The predicted molar refractivity (Wildman–Crippen MR) is 101 cm³/mol. The van der Waals surface area contributed by atoms with E-state index in [4.69, 9.17) is 9.47 Å². The van der Waals surface area contributed by atoms with Crippen LogP contribution in [0.25, 0.3) is 0 Å². The first-order valence-electron chi connectivity index (χ1n) is 9.97. The third kappa shape index (κ3) is 6.22. The second-order valence-electron chi connectivity index (χ2n) is 7.69. The molecular formula is C22H36O2. The van der Waals surface area contributed by atoms with Gasteiger partial charge in [0.15, 0.2) is 5.79 Å². The standard InChI is InChI=1S/C22H36O2/c1-5-7-8-9-10-12-20-21(24-22(3,4)23-20)17-19-15-13-18(11-6-2)14-16-19/h13-16,20-21H,5-12,17H2,1-4H3/t20-,21-/m1/s1. The fraction of sp³-hybridized carbons (Fsp3) is 0.727. The van der Waals surface area contributed by atoms with Gasteiger partial charge in [-0.1, -0.05) is 76.6 Å². The van der Waals surface area contributed by atoms with E-state index in [0.717, 1.165) is 19.3 Å². The van der Waals surface area contributed by atoms with Crippen molar-refractivity contribution < 1.29 is 9.47 Å². The van der Waals surface area contributed by atoms with Crippen LogP contribution in [0.1, 0.15) is 83.8 Å². The Morgan fingerprint density at radius 3 is 2.08 bits per heavy atom. The van der Waals surface area contributed by atoms with E-state index in [9.17, 15) is 0 Å². The van der Waals surface area contributed by atoms with Gasteiger partial charge in [-0.05, 0) is 37.8 Å². The highest BCUT2D eigenvalue weighted by molar-refractivity contribution is 5.23. The van der Waals surface area contributed by atoms with Crippen LogP contribution >= 0.6 is 0 Å². The smallest absolute Gasteiger partial charge is 0.163 e. The Hall–Kier alpha value is -0.860. The van der Waals surface area contributed by atoms with Gasteiger partial charge in [0.05, 0.1) is 12.2 Å². The van der Waals surface area contributed by atoms with Crippen molar-refractivity contribution in [3.63, 3.8) is 0 Å². The molecule has 136 valence electrons. The van der Waals surface area contributed by atoms with Crippen molar-refractivity contribution in [3.05, 3.63) is 35.4 Å². The highest BCUT2D eigenvalue weighted by Gasteiger charge is 2.40. The molecule has 2 heteroatoms. The van der Waals surface area contributed by atoms with Crippen LogP contribution in [-0.2, 0) is 22.3 Å². The zero-order chi connectivity index (χ0) is 17.4. The van der Waals surface area contributed by atoms with E-state index >= 15 is 0 Å². The predicted octanol–water partition coefficient (Wildman–Crippen LogP) is 6.06. The Balaban J connectivity index is 1.87. The Kier molecular flexibility index (Phi) is 7.77. The molecular weight excluding hydrogens is 296 g/mol. The molecule has 1 aliphatic heterocycles. The lowest BCUT2D eigenvalue weighted by molar-refractivity contribution is -0.146. The van der Waals surface area contributed by atoms with Crippen molar-refractivity contribution in [1.29, 1.82) is 0 Å². The SMILES string of the molecule is CCCCCCC[C@H]1OC(C)(C)O[C@@H]1Cc1ccc(CCC)cc1. The molecule has 2 rings (SSSR count). The van der Waals surface area contributed by atoms with Crippen molar-refractivity contribution in [2.75, 3.05) is 0 Å². The van der Waals surface area contributed by atoms with Gasteiger partial charge in [-0.25, -0.2) is 0 Å². The van der Waals surface area contributed by atoms with Crippen molar-refractivity contribution in [2.45, 2.75) is 103 Å². The first-order chi connectivity index (χ1) is 11.5. The van der Waals surface area contributed by atoms with Crippen LogP contribution in [0.4, 0.5) is 0 Å². The number of benzene rings is 1. The maximum absolute atomic E-state index is 6.20. The lowest BCUT2D eigenvalue weighted by Gasteiger charge is -2.17. The molecule has 0 radical (unpaired) electrons. The van der Waals surface area contributed by atoms with Crippen molar-refractivity contribution in [1.82, 2.24) is 0 Å². The summed E-state index contributed by atoms with van der Waals surface area (Å²) in [5.41, 5.74) is 2.79. The fourth-order valence-corrected chi connectivity index (χ4v) is 3.64. The van der Waals surface area contributed by atoms with Crippen LogP contribution in [0.15, 0.2) is 24.3 Å².